The molecule has 0 radical (unpaired) electrons. The van der Waals surface area contributed by atoms with Crippen molar-refractivity contribution in [1.29, 1.82) is 0 Å². The molecule has 2 rings (SSSR count). The number of rotatable bonds is 2. The van der Waals surface area contributed by atoms with E-state index in [9.17, 15) is 0 Å². The van der Waals surface area contributed by atoms with Crippen LogP contribution in [0.4, 0.5) is 0 Å². The molecule has 0 aliphatic heterocycles. The van der Waals surface area contributed by atoms with E-state index >= 15 is 0 Å². The van der Waals surface area contributed by atoms with Crippen molar-refractivity contribution in [3.05, 3.63) is 43.1 Å². The van der Waals surface area contributed by atoms with Gasteiger partial charge in [0.2, 0.25) is 0 Å². The van der Waals surface area contributed by atoms with E-state index < -0.39 is 8.22 Å². The molecular weight excluding hydrogens is 490 g/mol. The number of allylic oxidation sites excluding steroid dienone is 8. The molecule has 0 N–H and O–H groups in total. The summed E-state index contributed by atoms with van der Waals surface area (Å²) < 4.78 is 29.1. The first-order valence-electron chi connectivity index (χ1n) is 8.93. The first kappa shape index (κ1) is 23.4. The van der Waals surface area contributed by atoms with Gasteiger partial charge >= 0.3 is 111 Å². The molecule has 0 bridgehead atoms. The summed E-state index contributed by atoms with van der Waals surface area (Å²) in [5, 5.41) is 0. The van der Waals surface area contributed by atoms with Gasteiger partial charge in [-0.25, -0.2) is 0 Å². The zero-order chi connectivity index (χ0) is 17.1. The predicted molar refractivity (Wildman–Crippen MR) is 117 cm³/mol. The van der Waals surface area contributed by atoms with Crippen molar-refractivity contribution >= 4 is 24.8 Å². The molecule has 0 saturated carbocycles. The Morgan fingerprint density at radius 3 is 1.00 bits per heavy atom. The fraction of sp³-hybridized carbons (Fsp3) is 0.600. The molecule has 0 spiro atoms. The number of hydrogen-bond acceptors (Lipinski definition) is 0. The SMILES string of the molecule is Cl.Cl.[CH3][Hf]([CH3])([CH3])([CH3])([CH3])([CH3])([CH3])([CH3])([CH3])([CH3])([C]1=CC=CC1)[C]1=CC=CC1. The summed E-state index contributed by atoms with van der Waals surface area (Å²) in [6, 6.07) is 0. The molecule has 2 aliphatic rings. The van der Waals surface area contributed by atoms with Gasteiger partial charge in [-0.15, -0.1) is 24.8 Å². The molecule has 3 heteroatoms. The van der Waals surface area contributed by atoms with E-state index in [0.29, 0.717) is 0 Å². The standard InChI is InChI=1S/2C5H5.10CH3.2ClH.Hf/c2*1-2-4-5-3-1;;;;;;;;;;;;;/h2*1-3H,4H2;10*1H3;2*1H;. The van der Waals surface area contributed by atoms with Crippen LogP contribution in [-0.2, 0) is 8.22 Å². The third-order valence-electron chi connectivity index (χ3n) is 8.29. The van der Waals surface area contributed by atoms with E-state index in [4.69, 9.17) is 0 Å². The Bertz CT molecular complexity index is 866. The second-order valence-electron chi connectivity index (χ2n) is 30.3. The van der Waals surface area contributed by atoms with Crippen molar-refractivity contribution in [2.24, 2.45) is 0 Å². The van der Waals surface area contributed by atoms with Gasteiger partial charge in [0.15, 0.2) is 0 Å². The Morgan fingerprint density at radius 2 is 0.826 bits per heavy atom. The van der Waals surface area contributed by atoms with Gasteiger partial charge in [-0.3, -0.25) is 0 Å². The van der Waals surface area contributed by atoms with E-state index in [1.54, 1.807) is 0 Å². The van der Waals surface area contributed by atoms with Crippen LogP contribution in [0.25, 0.3) is 0 Å². The third kappa shape index (κ3) is 2.74. The minimum absolute atomic E-state index is 0. The van der Waals surface area contributed by atoms with Crippen LogP contribution in [0.1, 0.15) is 12.8 Å². The van der Waals surface area contributed by atoms with Crippen LogP contribution in [0.5, 0.6) is 0 Å². The summed E-state index contributed by atoms with van der Waals surface area (Å²) >= 11 is 0. The minimum atomic E-state index is -6.55. The summed E-state index contributed by atoms with van der Waals surface area (Å²) in [4.78, 5) is 0. The van der Waals surface area contributed by atoms with Gasteiger partial charge in [-0.1, -0.05) is 0 Å². The summed E-state index contributed by atoms with van der Waals surface area (Å²) in [5.74, 6) is 0. The quantitative estimate of drug-likeness (QED) is 0.311. The average molecular weight is 532 g/mol. The number of hydrogen-bond donors (Lipinski definition) is 0. The zero-order valence-electron chi connectivity index (χ0n) is 17.2. The van der Waals surface area contributed by atoms with Crippen molar-refractivity contribution in [2.75, 3.05) is 0 Å². The summed E-state index contributed by atoms with van der Waals surface area (Å²) in [5.41, 5.74) is 0. The van der Waals surface area contributed by atoms with Crippen molar-refractivity contribution in [3.8, 4) is 0 Å². The molecule has 140 valence electrons. The van der Waals surface area contributed by atoms with Crippen LogP contribution >= 0.6 is 24.8 Å². The fourth-order valence-electron chi connectivity index (χ4n) is 4.99. The molecule has 23 heavy (non-hydrogen) atoms. The Kier molecular flexibility index (Phi) is 1.62. The molecule has 0 aromatic heterocycles. The van der Waals surface area contributed by atoms with E-state index in [2.05, 4.69) is 83.3 Å². The molecule has 0 heterocycles. The van der Waals surface area contributed by atoms with E-state index in [1.165, 1.54) is 6.66 Å². The third-order valence-corrected chi connectivity index (χ3v) is 59.4. The maximum atomic E-state index is 2.61. The van der Waals surface area contributed by atoms with Crippen molar-refractivity contribution < 1.29 is 8.22 Å². The molecule has 0 aromatic rings. The van der Waals surface area contributed by atoms with Crippen LogP contribution in [-0.4, -0.2) is 0 Å². The van der Waals surface area contributed by atoms with Gasteiger partial charge in [0.1, 0.15) is 0 Å². The molecule has 0 fully saturated rings. The fourth-order valence-corrected chi connectivity index (χ4v) is 36.0. The van der Waals surface area contributed by atoms with Crippen molar-refractivity contribution in [3.63, 3.8) is 0 Å². The molecule has 0 atom stereocenters. The van der Waals surface area contributed by atoms with Crippen LogP contribution in [0.2, 0.25) is 46.8 Å². The zero-order valence-corrected chi connectivity index (χ0v) is 22.4. The Labute approximate surface area is 135 Å². The predicted octanol–water partition coefficient (Wildman–Crippen LogP) is 9.44. The first-order valence-corrected chi connectivity index (χ1v) is 48.5. The van der Waals surface area contributed by atoms with E-state index in [1.807, 2.05) is 0 Å². The Morgan fingerprint density at radius 1 is 0.565 bits per heavy atom. The number of halogens is 2. The maximum absolute atomic E-state index is 6.55. The topological polar surface area (TPSA) is 0 Å². The normalized spacial score (nSPS) is 35.7. The molecule has 0 saturated heterocycles. The van der Waals surface area contributed by atoms with Crippen LogP contribution < -0.4 is 0 Å². The second kappa shape index (κ2) is 1.59. The molecule has 0 aromatic carbocycles. The van der Waals surface area contributed by atoms with Gasteiger partial charge in [0.05, 0.1) is 0 Å². The summed E-state index contributed by atoms with van der Waals surface area (Å²) in [6.45, 7) is 0. The molecule has 2 aliphatic carbocycles. The van der Waals surface area contributed by atoms with Gasteiger partial charge in [-0.05, 0) is 0 Å². The van der Waals surface area contributed by atoms with E-state index in [0.717, 1.165) is 12.8 Å². The van der Waals surface area contributed by atoms with Gasteiger partial charge in [-0.2, -0.15) is 0 Å². The second-order valence-corrected chi connectivity index (χ2v) is 233. The molecule has 0 amide bonds. The van der Waals surface area contributed by atoms with Crippen LogP contribution in [0.3, 0.4) is 0 Å². The van der Waals surface area contributed by atoms with Crippen molar-refractivity contribution in [1.82, 2.24) is 0 Å². The first-order chi connectivity index (χ1) is 7.85. The Balaban J connectivity index is 0.00000242. The van der Waals surface area contributed by atoms with Gasteiger partial charge < -0.3 is 0 Å². The van der Waals surface area contributed by atoms with E-state index in [-0.39, 0.29) is 24.8 Å². The molecule has 0 unspecified atom stereocenters. The summed E-state index contributed by atoms with van der Waals surface area (Å²) in [7, 11) is -6.55. The average Bonchev–Trinajstić information content (AvgIpc) is 2.73. The van der Waals surface area contributed by atoms with Gasteiger partial charge in [0, 0.05) is 0 Å². The summed E-state index contributed by atoms with van der Waals surface area (Å²) in [6.07, 6.45) is 15.9. The molecule has 0 nitrogen and oxygen atoms in total. The molecular formula is C20H42Cl2Hf. The van der Waals surface area contributed by atoms with Crippen molar-refractivity contribution in [2.45, 2.75) is 59.6 Å². The van der Waals surface area contributed by atoms with Crippen LogP contribution in [0, 0.1) is 0 Å². The Hall–Kier alpha value is 0.410. The van der Waals surface area contributed by atoms with Crippen LogP contribution in [0.15, 0.2) is 43.1 Å². The van der Waals surface area contributed by atoms with Gasteiger partial charge in [0.25, 0.3) is 0 Å². The monoisotopic (exact) mass is 532 g/mol.